The van der Waals surface area contributed by atoms with Crippen molar-refractivity contribution in [3.8, 4) is 0 Å². The number of hydrogen-bond acceptors (Lipinski definition) is 4. The fourth-order valence-corrected chi connectivity index (χ4v) is 2.43. The van der Waals surface area contributed by atoms with Gasteiger partial charge in [-0.25, -0.2) is 0 Å². The van der Waals surface area contributed by atoms with Crippen molar-refractivity contribution in [2.24, 2.45) is 0 Å². The first kappa shape index (κ1) is 14.6. The highest BCUT2D eigenvalue weighted by atomic mass is 16.3. The molecule has 1 saturated heterocycles. The summed E-state index contributed by atoms with van der Waals surface area (Å²) in [6.45, 7) is 1.43. The normalized spacial score (nSPS) is 19.0. The van der Waals surface area contributed by atoms with Gasteiger partial charge < -0.3 is 14.6 Å². The van der Waals surface area contributed by atoms with Crippen LogP contribution in [-0.2, 0) is 16.1 Å². The van der Waals surface area contributed by atoms with Gasteiger partial charge in [0.05, 0.1) is 25.4 Å². The molecular formula is C14H21N3O3. The standard InChI is InChI=1S/C14H21N3O3/c1-16(2)14(19)12-6-3-7-17(12)10-13(18)15-9-11-5-4-8-20-11/h4-5,8,12H,3,6-7,9-10H2,1-2H3,(H,15,18)/t12-/m0/s1. The van der Waals surface area contributed by atoms with Gasteiger partial charge in [0.25, 0.3) is 0 Å². The molecule has 0 unspecified atom stereocenters. The lowest BCUT2D eigenvalue weighted by atomic mass is 10.2. The summed E-state index contributed by atoms with van der Waals surface area (Å²) in [5.41, 5.74) is 0. The number of likely N-dealkylation sites (N-methyl/N-ethyl adjacent to an activating group) is 1. The number of rotatable bonds is 5. The van der Waals surface area contributed by atoms with E-state index in [0.29, 0.717) is 6.54 Å². The molecule has 0 spiro atoms. The van der Waals surface area contributed by atoms with Crippen LogP contribution in [0.5, 0.6) is 0 Å². The third-order valence-electron chi connectivity index (χ3n) is 3.48. The number of hydrogen-bond donors (Lipinski definition) is 1. The second-order valence-electron chi connectivity index (χ2n) is 5.22. The Morgan fingerprint density at radius 3 is 2.95 bits per heavy atom. The van der Waals surface area contributed by atoms with Crippen molar-refractivity contribution >= 4 is 11.8 Å². The molecule has 1 aromatic heterocycles. The summed E-state index contributed by atoms with van der Waals surface area (Å²) in [5.74, 6) is 0.710. The Hall–Kier alpha value is -1.82. The summed E-state index contributed by atoms with van der Waals surface area (Å²) < 4.78 is 5.16. The van der Waals surface area contributed by atoms with Crippen LogP contribution in [0, 0.1) is 0 Å². The van der Waals surface area contributed by atoms with Crippen LogP contribution >= 0.6 is 0 Å². The Bertz CT molecular complexity index is 456. The van der Waals surface area contributed by atoms with Gasteiger partial charge in [-0.2, -0.15) is 0 Å². The SMILES string of the molecule is CN(C)C(=O)[C@@H]1CCCN1CC(=O)NCc1ccco1. The molecule has 1 N–H and O–H groups in total. The lowest BCUT2D eigenvalue weighted by Crippen LogP contribution is -2.46. The van der Waals surface area contributed by atoms with Crippen molar-refractivity contribution in [2.45, 2.75) is 25.4 Å². The summed E-state index contributed by atoms with van der Waals surface area (Å²) >= 11 is 0. The van der Waals surface area contributed by atoms with E-state index in [0.717, 1.165) is 25.1 Å². The highest BCUT2D eigenvalue weighted by Crippen LogP contribution is 2.18. The minimum Gasteiger partial charge on any atom is -0.467 e. The van der Waals surface area contributed by atoms with Crippen LogP contribution in [0.25, 0.3) is 0 Å². The largest absolute Gasteiger partial charge is 0.467 e. The van der Waals surface area contributed by atoms with Crippen molar-refractivity contribution in [1.29, 1.82) is 0 Å². The van der Waals surface area contributed by atoms with E-state index in [2.05, 4.69) is 5.32 Å². The number of likely N-dealkylation sites (tertiary alicyclic amines) is 1. The average molecular weight is 279 g/mol. The minimum absolute atomic E-state index is 0.0707. The zero-order valence-electron chi connectivity index (χ0n) is 12.0. The van der Waals surface area contributed by atoms with Crippen LogP contribution in [-0.4, -0.2) is 54.8 Å². The van der Waals surface area contributed by atoms with Gasteiger partial charge in [-0.3, -0.25) is 14.5 Å². The second kappa shape index (κ2) is 6.56. The first-order valence-corrected chi connectivity index (χ1v) is 6.82. The van der Waals surface area contributed by atoms with Gasteiger partial charge in [0.15, 0.2) is 0 Å². The fraction of sp³-hybridized carbons (Fsp3) is 0.571. The van der Waals surface area contributed by atoms with Crippen LogP contribution in [0.3, 0.4) is 0 Å². The molecule has 1 atom stereocenters. The van der Waals surface area contributed by atoms with Gasteiger partial charge in [-0.15, -0.1) is 0 Å². The van der Waals surface area contributed by atoms with Crippen LogP contribution in [0.1, 0.15) is 18.6 Å². The number of furan rings is 1. The minimum atomic E-state index is -0.167. The Kier molecular flexibility index (Phi) is 4.79. The van der Waals surface area contributed by atoms with E-state index in [-0.39, 0.29) is 24.4 Å². The highest BCUT2D eigenvalue weighted by Gasteiger charge is 2.32. The van der Waals surface area contributed by atoms with Gasteiger partial charge in [-0.1, -0.05) is 0 Å². The van der Waals surface area contributed by atoms with Crippen molar-refractivity contribution in [1.82, 2.24) is 15.1 Å². The zero-order chi connectivity index (χ0) is 14.5. The van der Waals surface area contributed by atoms with Crippen LogP contribution in [0.15, 0.2) is 22.8 Å². The number of carbonyl (C=O) groups excluding carboxylic acids is 2. The maximum atomic E-state index is 12.0. The van der Waals surface area contributed by atoms with E-state index in [4.69, 9.17) is 4.42 Å². The molecule has 6 nitrogen and oxygen atoms in total. The maximum Gasteiger partial charge on any atom is 0.239 e. The van der Waals surface area contributed by atoms with Crippen molar-refractivity contribution in [2.75, 3.05) is 27.2 Å². The van der Waals surface area contributed by atoms with E-state index in [1.807, 2.05) is 11.0 Å². The van der Waals surface area contributed by atoms with E-state index in [1.165, 1.54) is 0 Å². The number of nitrogens with zero attached hydrogens (tertiary/aromatic N) is 2. The molecule has 1 fully saturated rings. The molecule has 1 aliphatic heterocycles. The average Bonchev–Trinajstić information content (AvgIpc) is 3.06. The van der Waals surface area contributed by atoms with E-state index in [1.54, 1.807) is 31.3 Å². The molecule has 0 aromatic carbocycles. The third-order valence-corrected chi connectivity index (χ3v) is 3.48. The lowest BCUT2D eigenvalue weighted by Gasteiger charge is -2.25. The molecule has 6 heteroatoms. The van der Waals surface area contributed by atoms with Gasteiger partial charge >= 0.3 is 0 Å². The summed E-state index contributed by atoms with van der Waals surface area (Å²) in [7, 11) is 3.49. The second-order valence-corrected chi connectivity index (χ2v) is 5.22. The molecule has 1 aliphatic rings. The molecule has 2 rings (SSSR count). The molecular weight excluding hydrogens is 258 g/mol. The van der Waals surface area contributed by atoms with Crippen molar-refractivity contribution in [3.05, 3.63) is 24.2 Å². The first-order valence-electron chi connectivity index (χ1n) is 6.82. The smallest absolute Gasteiger partial charge is 0.239 e. The Morgan fingerprint density at radius 2 is 2.30 bits per heavy atom. The van der Waals surface area contributed by atoms with E-state index < -0.39 is 0 Å². The molecule has 1 aromatic rings. The topological polar surface area (TPSA) is 65.8 Å². The summed E-state index contributed by atoms with van der Waals surface area (Å²) in [6, 6.07) is 3.43. The lowest BCUT2D eigenvalue weighted by molar-refractivity contribution is -0.134. The van der Waals surface area contributed by atoms with E-state index >= 15 is 0 Å². The Labute approximate surface area is 118 Å². The van der Waals surface area contributed by atoms with Gasteiger partial charge in [0, 0.05) is 14.1 Å². The fourth-order valence-electron chi connectivity index (χ4n) is 2.43. The Balaban J connectivity index is 1.82. The molecule has 0 radical (unpaired) electrons. The Morgan fingerprint density at radius 1 is 1.50 bits per heavy atom. The molecule has 0 bridgehead atoms. The van der Waals surface area contributed by atoms with Crippen molar-refractivity contribution in [3.63, 3.8) is 0 Å². The van der Waals surface area contributed by atoms with Crippen LogP contribution < -0.4 is 5.32 Å². The monoisotopic (exact) mass is 279 g/mol. The quantitative estimate of drug-likeness (QED) is 0.850. The zero-order valence-corrected chi connectivity index (χ0v) is 12.0. The number of amides is 2. The highest BCUT2D eigenvalue weighted by molar-refractivity contribution is 5.83. The molecule has 0 aliphatic carbocycles. The molecule has 0 saturated carbocycles. The summed E-state index contributed by atoms with van der Waals surface area (Å²) in [5, 5.41) is 2.80. The van der Waals surface area contributed by atoms with E-state index in [9.17, 15) is 9.59 Å². The first-order chi connectivity index (χ1) is 9.58. The molecule has 110 valence electrons. The van der Waals surface area contributed by atoms with Crippen LogP contribution in [0.2, 0.25) is 0 Å². The van der Waals surface area contributed by atoms with Crippen LogP contribution in [0.4, 0.5) is 0 Å². The molecule has 20 heavy (non-hydrogen) atoms. The predicted octanol–water partition coefficient (Wildman–Crippen LogP) is 0.448. The molecule has 2 amide bonds. The maximum absolute atomic E-state index is 12.0. The number of nitrogens with one attached hydrogen (secondary N) is 1. The van der Waals surface area contributed by atoms with Crippen molar-refractivity contribution < 1.29 is 14.0 Å². The predicted molar refractivity (Wildman–Crippen MR) is 73.8 cm³/mol. The molecule has 2 heterocycles. The van der Waals surface area contributed by atoms with Gasteiger partial charge in [-0.05, 0) is 31.5 Å². The van der Waals surface area contributed by atoms with Gasteiger partial charge in [0.1, 0.15) is 5.76 Å². The summed E-state index contributed by atoms with van der Waals surface area (Å²) in [6.07, 6.45) is 3.35. The number of carbonyl (C=O) groups is 2. The van der Waals surface area contributed by atoms with Gasteiger partial charge in [0.2, 0.25) is 11.8 Å². The third kappa shape index (κ3) is 3.60. The summed E-state index contributed by atoms with van der Waals surface area (Å²) in [4.78, 5) is 27.5.